The molecule has 0 bridgehead atoms. The first kappa shape index (κ1) is 20.3. The summed E-state index contributed by atoms with van der Waals surface area (Å²) in [6.07, 6.45) is 3.17. The van der Waals surface area contributed by atoms with Gasteiger partial charge in [-0.15, -0.1) is 11.3 Å². The van der Waals surface area contributed by atoms with Crippen LogP contribution in [-0.4, -0.2) is 45.1 Å². The van der Waals surface area contributed by atoms with Crippen LogP contribution in [0.3, 0.4) is 0 Å². The van der Waals surface area contributed by atoms with Crippen molar-refractivity contribution >= 4 is 38.7 Å². The van der Waals surface area contributed by atoms with Gasteiger partial charge in [-0.3, -0.25) is 9.69 Å². The molecule has 5 nitrogen and oxygen atoms in total. The monoisotopic (exact) mass is 426 g/mol. The highest BCUT2D eigenvalue weighted by atomic mass is 35.5. The second-order valence-electron chi connectivity index (χ2n) is 6.93. The van der Waals surface area contributed by atoms with E-state index in [4.69, 9.17) is 11.6 Å². The molecule has 2 aromatic rings. The average Bonchev–Trinajstić information content (AvgIpc) is 3.13. The van der Waals surface area contributed by atoms with Gasteiger partial charge in [0.2, 0.25) is 0 Å². The maximum Gasteiger partial charge on any atom is 0.251 e. The third kappa shape index (κ3) is 5.54. The Morgan fingerprint density at radius 2 is 2.04 bits per heavy atom. The molecule has 0 unspecified atom stereocenters. The predicted octanol–water partition coefficient (Wildman–Crippen LogP) is 3.45. The molecule has 3 rings (SSSR count). The summed E-state index contributed by atoms with van der Waals surface area (Å²) in [5, 5.41) is 5.17. The van der Waals surface area contributed by atoms with Crippen molar-refractivity contribution in [3.05, 3.63) is 51.2 Å². The van der Waals surface area contributed by atoms with Crippen molar-refractivity contribution in [2.75, 3.05) is 25.9 Å². The van der Waals surface area contributed by atoms with Gasteiger partial charge in [0.25, 0.3) is 5.91 Å². The molecule has 0 saturated carbocycles. The fraction of sp³-hybridized carbons (Fsp3) is 0.421. The van der Waals surface area contributed by atoms with E-state index in [1.165, 1.54) is 17.0 Å². The van der Waals surface area contributed by atoms with Gasteiger partial charge in [-0.25, -0.2) is 8.42 Å². The summed E-state index contributed by atoms with van der Waals surface area (Å²) < 4.78 is 23.5. The third-order valence-electron chi connectivity index (χ3n) is 4.81. The van der Waals surface area contributed by atoms with Gasteiger partial charge in [0.05, 0.1) is 9.92 Å². The number of carbonyl (C=O) groups is 1. The molecule has 2 heterocycles. The van der Waals surface area contributed by atoms with E-state index in [1.807, 2.05) is 0 Å². The fourth-order valence-electron chi connectivity index (χ4n) is 3.24. The molecule has 27 heavy (non-hydrogen) atoms. The Balaban J connectivity index is 1.50. The fourth-order valence-corrected chi connectivity index (χ4v) is 5.29. The topological polar surface area (TPSA) is 66.5 Å². The van der Waals surface area contributed by atoms with Crippen molar-refractivity contribution in [3.8, 4) is 0 Å². The molecule has 1 fully saturated rings. The van der Waals surface area contributed by atoms with E-state index in [0.717, 1.165) is 38.7 Å². The Hall–Kier alpha value is -1.41. The van der Waals surface area contributed by atoms with Crippen LogP contribution in [0.15, 0.2) is 40.6 Å². The van der Waals surface area contributed by atoms with Crippen LogP contribution >= 0.6 is 22.9 Å². The van der Waals surface area contributed by atoms with E-state index in [-0.39, 0.29) is 15.8 Å². The number of benzene rings is 1. The summed E-state index contributed by atoms with van der Waals surface area (Å²) in [5.74, 6) is 0.174. The van der Waals surface area contributed by atoms with Crippen LogP contribution in [0, 0.1) is 5.92 Å². The smallest absolute Gasteiger partial charge is 0.251 e. The molecule has 1 aliphatic heterocycles. The van der Waals surface area contributed by atoms with Gasteiger partial charge in [0.15, 0.2) is 9.84 Å². The second-order valence-corrected chi connectivity index (χ2v) is 10.3. The zero-order valence-corrected chi connectivity index (χ0v) is 17.5. The van der Waals surface area contributed by atoms with E-state index in [9.17, 15) is 13.2 Å². The number of carbonyl (C=O) groups excluding carboxylic acids is 1. The molecule has 1 amide bonds. The molecule has 146 valence electrons. The number of nitrogens with zero attached hydrogens (tertiary/aromatic N) is 1. The molecule has 0 atom stereocenters. The SMILES string of the molecule is CS(=O)(=O)c1cc(C(=O)NCC2CCN(Cc3cccs3)CC2)ccc1Cl. The molecule has 8 heteroatoms. The highest BCUT2D eigenvalue weighted by molar-refractivity contribution is 7.90. The molecule has 0 radical (unpaired) electrons. The van der Waals surface area contributed by atoms with E-state index in [0.29, 0.717) is 18.0 Å². The zero-order valence-electron chi connectivity index (χ0n) is 15.2. The number of hydrogen-bond donors (Lipinski definition) is 1. The van der Waals surface area contributed by atoms with E-state index in [2.05, 4.69) is 27.7 Å². The van der Waals surface area contributed by atoms with Crippen LogP contribution in [0.2, 0.25) is 5.02 Å². The number of likely N-dealkylation sites (tertiary alicyclic amines) is 1. The average molecular weight is 427 g/mol. The number of hydrogen-bond acceptors (Lipinski definition) is 5. The first-order valence-electron chi connectivity index (χ1n) is 8.85. The van der Waals surface area contributed by atoms with Crippen LogP contribution < -0.4 is 5.32 Å². The minimum Gasteiger partial charge on any atom is -0.352 e. The molecule has 1 aromatic carbocycles. The number of rotatable bonds is 6. The normalized spacial score (nSPS) is 16.4. The van der Waals surface area contributed by atoms with Gasteiger partial charge in [-0.1, -0.05) is 17.7 Å². The largest absolute Gasteiger partial charge is 0.352 e. The lowest BCUT2D eigenvalue weighted by Crippen LogP contribution is -2.38. The quantitative estimate of drug-likeness (QED) is 0.768. The lowest BCUT2D eigenvalue weighted by molar-refractivity contribution is 0.0935. The second kappa shape index (κ2) is 8.73. The Morgan fingerprint density at radius 3 is 2.67 bits per heavy atom. The van der Waals surface area contributed by atoms with Crippen molar-refractivity contribution in [2.45, 2.75) is 24.3 Å². The summed E-state index contributed by atoms with van der Waals surface area (Å²) in [6, 6.07) is 8.59. The van der Waals surface area contributed by atoms with Crippen molar-refractivity contribution < 1.29 is 13.2 Å². The Bertz CT molecular complexity index is 890. The summed E-state index contributed by atoms with van der Waals surface area (Å²) in [7, 11) is -3.47. The Morgan fingerprint density at radius 1 is 1.30 bits per heavy atom. The highest BCUT2D eigenvalue weighted by Gasteiger charge is 2.21. The predicted molar refractivity (Wildman–Crippen MR) is 109 cm³/mol. The highest BCUT2D eigenvalue weighted by Crippen LogP contribution is 2.23. The molecule has 0 aliphatic carbocycles. The van der Waals surface area contributed by atoms with Gasteiger partial charge < -0.3 is 5.32 Å². The molecular weight excluding hydrogens is 404 g/mol. The Kier molecular flexibility index (Phi) is 6.57. The van der Waals surface area contributed by atoms with E-state index < -0.39 is 9.84 Å². The lowest BCUT2D eigenvalue weighted by Gasteiger charge is -2.31. The lowest BCUT2D eigenvalue weighted by atomic mass is 9.96. The summed E-state index contributed by atoms with van der Waals surface area (Å²) in [6.45, 7) is 3.65. The van der Waals surface area contributed by atoms with Gasteiger partial charge in [0, 0.05) is 29.8 Å². The van der Waals surface area contributed by atoms with Crippen LogP contribution in [0.1, 0.15) is 28.1 Å². The standard InChI is InChI=1S/C19H23ClN2O3S2/c1-27(24,25)18-11-15(4-5-17(18)20)19(23)21-12-14-6-8-22(9-7-14)13-16-3-2-10-26-16/h2-5,10-11,14H,6-9,12-13H2,1H3,(H,21,23). The molecule has 0 spiro atoms. The maximum atomic E-state index is 12.4. The molecular formula is C19H23ClN2O3S2. The van der Waals surface area contributed by atoms with Crippen LogP contribution in [0.5, 0.6) is 0 Å². The number of halogens is 1. The molecule has 1 aliphatic rings. The van der Waals surface area contributed by atoms with Crippen LogP contribution in [0.25, 0.3) is 0 Å². The maximum absolute atomic E-state index is 12.4. The number of thiophene rings is 1. The van der Waals surface area contributed by atoms with Gasteiger partial charge >= 0.3 is 0 Å². The minimum absolute atomic E-state index is 0.0151. The van der Waals surface area contributed by atoms with Crippen molar-refractivity contribution in [1.29, 1.82) is 0 Å². The van der Waals surface area contributed by atoms with Gasteiger partial charge in [-0.2, -0.15) is 0 Å². The zero-order chi connectivity index (χ0) is 19.4. The van der Waals surface area contributed by atoms with E-state index in [1.54, 1.807) is 17.4 Å². The minimum atomic E-state index is -3.47. The number of piperidine rings is 1. The summed E-state index contributed by atoms with van der Waals surface area (Å²) in [5.41, 5.74) is 0.315. The molecule has 1 aromatic heterocycles. The van der Waals surface area contributed by atoms with Crippen molar-refractivity contribution in [2.24, 2.45) is 5.92 Å². The first-order valence-corrected chi connectivity index (χ1v) is 12.0. The van der Waals surface area contributed by atoms with Gasteiger partial charge in [0.1, 0.15) is 0 Å². The van der Waals surface area contributed by atoms with E-state index >= 15 is 0 Å². The Labute approximate surface area is 169 Å². The molecule has 1 saturated heterocycles. The molecule has 1 N–H and O–H groups in total. The van der Waals surface area contributed by atoms with Crippen molar-refractivity contribution in [1.82, 2.24) is 10.2 Å². The summed E-state index contributed by atoms with van der Waals surface area (Å²) in [4.78, 5) is 16.2. The number of sulfone groups is 1. The first-order chi connectivity index (χ1) is 12.8. The summed E-state index contributed by atoms with van der Waals surface area (Å²) >= 11 is 7.72. The van der Waals surface area contributed by atoms with Crippen LogP contribution in [0.4, 0.5) is 0 Å². The number of amides is 1. The van der Waals surface area contributed by atoms with Crippen LogP contribution in [-0.2, 0) is 16.4 Å². The van der Waals surface area contributed by atoms with Crippen molar-refractivity contribution in [3.63, 3.8) is 0 Å². The third-order valence-corrected chi connectivity index (χ3v) is 7.25. The number of nitrogens with one attached hydrogen (secondary N) is 1. The van der Waals surface area contributed by atoms with Gasteiger partial charge in [-0.05, 0) is 61.5 Å².